The molecule has 7 nitrogen and oxygen atoms in total. The minimum atomic E-state index is -1.16. The Bertz CT molecular complexity index is 620. The normalized spacial score (nSPS) is 11.5. The molecule has 0 spiro atoms. The van der Waals surface area contributed by atoms with E-state index in [2.05, 4.69) is 5.32 Å². The van der Waals surface area contributed by atoms with E-state index < -0.39 is 23.7 Å². The largest absolute Gasteiger partial charge is 0.494 e. The number of amides is 2. The molecule has 0 bridgehead atoms. The van der Waals surface area contributed by atoms with Crippen LogP contribution in [0.5, 0.6) is 5.75 Å². The van der Waals surface area contributed by atoms with Crippen LogP contribution in [0.4, 0.5) is 4.39 Å². The van der Waals surface area contributed by atoms with Gasteiger partial charge in [-0.3, -0.25) is 9.59 Å². The zero-order chi connectivity index (χ0) is 18.3. The monoisotopic (exact) mass is 340 g/mol. The molecule has 0 aromatic heterocycles. The van der Waals surface area contributed by atoms with Crippen LogP contribution < -0.4 is 10.1 Å². The first-order chi connectivity index (χ1) is 11.3. The molecule has 8 heteroatoms. The third-order valence-corrected chi connectivity index (χ3v) is 3.44. The SMILES string of the molecule is COc1ccc(CC(=O)N(CCNC(C)=O)C(C)C(=O)O)cc1F. The predicted molar refractivity (Wildman–Crippen MR) is 84.2 cm³/mol. The lowest BCUT2D eigenvalue weighted by molar-refractivity contribution is -0.149. The fraction of sp³-hybridized carbons (Fsp3) is 0.438. The van der Waals surface area contributed by atoms with E-state index in [0.717, 1.165) is 4.90 Å². The molecule has 1 atom stereocenters. The van der Waals surface area contributed by atoms with Gasteiger partial charge < -0.3 is 20.1 Å². The van der Waals surface area contributed by atoms with Crippen LogP contribution in [0.15, 0.2) is 18.2 Å². The smallest absolute Gasteiger partial charge is 0.326 e. The van der Waals surface area contributed by atoms with Crippen molar-refractivity contribution in [2.75, 3.05) is 20.2 Å². The third kappa shape index (κ3) is 5.53. The third-order valence-electron chi connectivity index (χ3n) is 3.44. The highest BCUT2D eigenvalue weighted by atomic mass is 19.1. The molecule has 24 heavy (non-hydrogen) atoms. The molecule has 1 unspecified atom stereocenters. The fourth-order valence-corrected chi connectivity index (χ4v) is 2.12. The maximum atomic E-state index is 13.7. The van der Waals surface area contributed by atoms with Gasteiger partial charge in [-0.25, -0.2) is 9.18 Å². The molecule has 1 aromatic carbocycles. The Kier molecular flexibility index (Phi) is 7.16. The molecular weight excluding hydrogens is 319 g/mol. The van der Waals surface area contributed by atoms with Crippen LogP contribution in [-0.2, 0) is 20.8 Å². The molecule has 0 saturated heterocycles. The Morgan fingerprint density at radius 1 is 1.38 bits per heavy atom. The Morgan fingerprint density at radius 2 is 2.04 bits per heavy atom. The predicted octanol–water partition coefficient (Wildman–Crippen LogP) is 0.815. The summed E-state index contributed by atoms with van der Waals surface area (Å²) in [6.45, 7) is 2.88. The van der Waals surface area contributed by atoms with Gasteiger partial charge in [0.1, 0.15) is 6.04 Å². The number of halogens is 1. The second-order valence-corrected chi connectivity index (χ2v) is 5.23. The number of ether oxygens (including phenoxy) is 1. The van der Waals surface area contributed by atoms with E-state index in [0.29, 0.717) is 5.56 Å². The first-order valence-corrected chi connectivity index (χ1v) is 7.35. The molecule has 0 fully saturated rings. The van der Waals surface area contributed by atoms with Crippen LogP contribution in [0.1, 0.15) is 19.4 Å². The number of nitrogens with one attached hydrogen (secondary N) is 1. The summed E-state index contributed by atoms with van der Waals surface area (Å²) in [5.41, 5.74) is 0.403. The first-order valence-electron chi connectivity index (χ1n) is 7.35. The second-order valence-electron chi connectivity index (χ2n) is 5.23. The van der Waals surface area contributed by atoms with E-state index in [1.807, 2.05) is 0 Å². The number of methoxy groups -OCH3 is 1. The number of nitrogens with zero attached hydrogens (tertiary/aromatic N) is 1. The highest BCUT2D eigenvalue weighted by Crippen LogP contribution is 2.18. The number of rotatable bonds is 8. The average molecular weight is 340 g/mol. The van der Waals surface area contributed by atoms with Crippen LogP contribution in [0.25, 0.3) is 0 Å². The number of hydrogen-bond donors (Lipinski definition) is 2. The Morgan fingerprint density at radius 3 is 2.54 bits per heavy atom. The fourth-order valence-electron chi connectivity index (χ4n) is 2.12. The van der Waals surface area contributed by atoms with Gasteiger partial charge in [-0.1, -0.05) is 6.07 Å². The van der Waals surface area contributed by atoms with Crippen molar-refractivity contribution < 1.29 is 28.6 Å². The van der Waals surface area contributed by atoms with Crippen LogP contribution in [0, 0.1) is 5.82 Å². The van der Waals surface area contributed by atoms with Crippen LogP contribution in [0.3, 0.4) is 0 Å². The molecule has 0 heterocycles. The molecule has 0 aliphatic rings. The van der Waals surface area contributed by atoms with E-state index in [1.54, 1.807) is 0 Å². The average Bonchev–Trinajstić information content (AvgIpc) is 2.50. The van der Waals surface area contributed by atoms with Gasteiger partial charge in [0.15, 0.2) is 11.6 Å². The Hall–Kier alpha value is -2.64. The maximum absolute atomic E-state index is 13.7. The number of carboxylic acids is 1. The zero-order valence-electron chi connectivity index (χ0n) is 13.8. The minimum Gasteiger partial charge on any atom is -0.494 e. The second kappa shape index (κ2) is 8.85. The molecular formula is C16H21FN2O5. The summed E-state index contributed by atoms with van der Waals surface area (Å²) in [6.07, 6.45) is -0.154. The van der Waals surface area contributed by atoms with Gasteiger partial charge in [0.05, 0.1) is 13.5 Å². The lowest BCUT2D eigenvalue weighted by Gasteiger charge is -2.26. The topological polar surface area (TPSA) is 95.9 Å². The van der Waals surface area contributed by atoms with Crippen LogP contribution in [-0.4, -0.2) is 54.0 Å². The summed E-state index contributed by atoms with van der Waals surface area (Å²) in [6, 6.07) is 3.06. The van der Waals surface area contributed by atoms with E-state index in [9.17, 15) is 18.8 Å². The molecule has 2 amide bonds. The quantitative estimate of drug-likeness (QED) is 0.730. The zero-order valence-corrected chi connectivity index (χ0v) is 13.8. The molecule has 0 aliphatic carbocycles. The van der Waals surface area contributed by atoms with Crippen molar-refractivity contribution in [2.45, 2.75) is 26.3 Å². The van der Waals surface area contributed by atoms with Gasteiger partial charge in [-0.2, -0.15) is 0 Å². The summed E-state index contributed by atoms with van der Waals surface area (Å²) in [5, 5.41) is 11.6. The Labute approximate surface area is 139 Å². The van der Waals surface area contributed by atoms with Crippen LogP contribution in [0.2, 0.25) is 0 Å². The van der Waals surface area contributed by atoms with E-state index in [4.69, 9.17) is 9.84 Å². The maximum Gasteiger partial charge on any atom is 0.326 e. The molecule has 0 radical (unpaired) electrons. The lowest BCUT2D eigenvalue weighted by atomic mass is 10.1. The van der Waals surface area contributed by atoms with Gasteiger partial charge in [0, 0.05) is 20.0 Å². The van der Waals surface area contributed by atoms with Crippen molar-refractivity contribution in [3.8, 4) is 5.75 Å². The van der Waals surface area contributed by atoms with Gasteiger partial charge in [-0.05, 0) is 24.6 Å². The number of carbonyl (C=O) groups excluding carboxylic acids is 2. The van der Waals surface area contributed by atoms with Crippen molar-refractivity contribution in [3.05, 3.63) is 29.6 Å². The molecule has 0 aliphatic heterocycles. The van der Waals surface area contributed by atoms with Gasteiger partial charge in [0.2, 0.25) is 11.8 Å². The lowest BCUT2D eigenvalue weighted by Crippen LogP contribution is -2.47. The summed E-state index contributed by atoms with van der Waals surface area (Å²) in [4.78, 5) is 35.6. The van der Waals surface area contributed by atoms with Crippen molar-refractivity contribution >= 4 is 17.8 Å². The van der Waals surface area contributed by atoms with Crippen molar-refractivity contribution in [1.29, 1.82) is 0 Å². The van der Waals surface area contributed by atoms with E-state index >= 15 is 0 Å². The molecule has 2 N–H and O–H groups in total. The number of benzene rings is 1. The molecule has 1 rings (SSSR count). The summed E-state index contributed by atoms with van der Waals surface area (Å²) in [5.74, 6) is -2.44. The van der Waals surface area contributed by atoms with Crippen molar-refractivity contribution in [2.24, 2.45) is 0 Å². The standard InChI is InChI=1S/C16H21FN2O5/c1-10(16(22)23)19(7-6-18-11(2)20)15(21)9-12-4-5-14(24-3)13(17)8-12/h4-5,8,10H,6-7,9H2,1-3H3,(H,18,20)(H,22,23). The van der Waals surface area contributed by atoms with Crippen LogP contribution >= 0.6 is 0 Å². The van der Waals surface area contributed by atoms with Gasteiger partial charge in [0.25, 0.3) is 0 Å². The van der Waals surface area contributed by atoms with E-state index in [-0.39, 0.29) is 31.2 Å². The number of carbonyl (C=O) groups is 3. The number of aliphatic carboxylic acids is 1. The van der Waals surface area contributed by atoms with Gasteiger partial charge in [-0.15, -0.1) is 0 Å². The number of hydrogen-bond acceptors (Lipinski definition) is 4. The molecule has 1 aromatic rings. The summed E-state index contributed by atoms with van der Waals surface area (Å²) in [7, 11) is 1.33. The summed E-state index contributed by atoms with van der Waals surface area (Å²) < 4.78 is 18.5. The van der Waals surface area contributed by atoms with Gasteiger partial charge >= 0.3 is 5.97 Å². The Balaban J connectivity index is 2.84. The number of carboxylic acid groups (broad SMARTS) is 1. The molecule has 0 saturated carbocycles. The highest BCUT2D eigenvalue weighted by molar-refractivity contribution is 5.85. The van der Waals surface area contributed by atoms with Crippen molar-refractivity contribution in [3.63, 3.8) is 0 Å². The molecule has 132 valence electrons. The highest BCUT2D eigenvalue weighted by Gasteiger charge is 2.25. The summed E-state index contributed by atoms with van der Waals surface area (Å²) >= 11 is 0. The minimum absolute atomic E-state index is 0.0461. The van der Waals surface area contributed by atoms with Crippen molar-refractivity contribution in [1.82, 2.24) is 10.2 Å². The first kappa shape index (κ1) is 19.4. The van der Waals surface area contributed by atoms with E-state index in [1.165, 1.54) is 39.2 Å².